The Morgan fingerprint density at radius 1 is 1.44 bits per heavy atom. The lowest BCUT2D eigenvalue weighted by molar-refractivity contribution is 0.0889. The zero-order valence-corrected chi connectivity index (χ0v) is 14.2. The molecule has 1 amide bonds. The van der Waals surface area contributed by atoms with Crippen LogP contribution in [0.1, 0.15) is 35.3 Å². The molecule has 0 spiro atoms. The molecule has 1 atom stereocenters. The van der Waals surface area contributed by atoms with Crippen LogP contribution in [0.2, 0.25) is 0 Å². The Morgan fingerprint density at radius 2 is 2.32 bits per heavy atom. The van der Waals surface area contributed by atoms with Crippen LogP contribution in [-0.2, 0) is 24.3 Å². The molecule has 1 aliphatic heterocycles. The molecule has 1 N–H and O–H groups in total. The number of benzene rings is 1. The van der Waals surface area contributed by atoms with Crippen LogP contribution in [0.4, 0.5) is 0 Å². The smallest absolute Gasteiger partial charge is 0.287 e. The number of amides is 1. The molecule has 0 aliphatic carbocycles. The van der Waals surface area contributed by atoms with E-state index in [9.17, 15) is 4.79 Å². The minimum Gasteiger partial charge on any atom is -0.451 e. The summed E-state index contributed by atoms with van der Waals surface area (Å²) >= 11 is 0. The number of nitrogens with zero attached hydrogens (tertiary/aromatic N) is 2. The molecule has 0 bridgehead atoms. The molecule has 25 heavy (non-hydrogen) atoms. The zero-order chi connectivity index (χ0) is 17.2. The van der Waals surface area contributed by atoms with Crippen molar-refractivity contribution in [2.75, 3.05) is 6.61 Å². The SMILES string of the molecule is CCOCc1c(C(=O)N[C@@H]2CCc3nccn3C2)oc2ccccc12. The number of fused-ring (bicyclic) bond motifs is 2. The normalized spacial score (nSPS) is 16.8. The molecule has 0 unspecified atom stereocenters. The highest BCUT2D eigenvalue weighted by Gasteiger charge is 2.25. The number of nitrogens with one attached hydrogen (secondary N) is 1. The minimum absolute atomic E-state index is 0.0716. The van der Waals surface area contributed by atoms with E-state index < -0.39 is 0 Å². The van der Waals surface area contributed by atoms with Gasteiger partial charge in [0.1, 0.15) is 11.4 Å². The quantitative estimate of drug-likeness (QED) is 0.776. The van der Waals surface area contributed by atoms with Gasteiger partial charge in [-0.25, -0.2) is 4.98 Å². The van der Waals surface area contributed by atoms with Crippen LogP contribution in [-0.4, -0.2) is 28.1 Å². The number of aryl methyl sites for hydroxylation is 1. The maximum atomic E-state index is 12.8. The van der Waals surface area contributed by atoms with Crippen LogP contribution in [0.25, 0.3) is 11.0 Å². The van der Waals surface area contributed by atoms with E-state index in [1.807, 2.05) is 37.4 Å². The fourth-order valence-corrected chi connectivity index (χ4v) is 3.36. The summed E-state index contributed by atoms with van der Waals surface area (Å²) in [5.74, 6) is 1.25. The monoisotopic (exact) mass is 339 g/mol. The van der Waals surface area contributed by atoms with E-state index in [0.29, 0.717) is 24.6 Å². The van der Waals surface area contributed by atoms with Gasteiger partial charge in [-0.3, -0.25) is 4.79 Å². The maximum absolute atomic E-state index is 12.8. The van der Waals surface area contributed by atoms with Crippen molar-refractivity contribution in [3.05, 3.63) is 53.8 Å². The van der Waals surface area contributed by atoms with Crippen molar-refractivity contribution in [2.45, 2.75) is 39.0 Å². The molecule has 0 fully saturated rings. The van der Waals surface area contributed by atoms with E-state index in [0.717, 1.165) is 36.2 Å². The number of ether oxygens (including phenoxy) is 1. The molecule has 1 aliphatic rings. The van der Waals surface area contributed by atoms with E-state index in [2.05, 4.69) is 14.9 Å². The van der Waals surface area contributed by atoms with E-state index in [1.165, 1.54) is 0 Å². The molecule has 2 aromatic heterocycles. The zero-order valence-electron chi connectivity index (χ0n) is 14.2. The van der Waals surface area contributed by atoms with Crippen LogP contribution >= 0.6 is 0 Å². The predicted octanol–water partition coefficient (Wildman–Crippen LogP) is 2.91. The minimum atomic E-state index is -0.181. The van der Waals surface area contributed by atoms with Gasteiger partial charge in [-0.05, 0) is 19.4 Å². The van der Waals surface area contributed by atoms with E-state index in [1.54, 1.807) is 6.20 Å². The third-order valence-corrected chi connectivity index (χ3v) is 4.63. The average molecular weight is 339 g/mol. The van der Waals surface area contributed by atoms with Gasteiger partial charge in [-0.15, -0.1) is 0 Å². The van der Waals surface area contributed by atoms with Gasteiger partial charge >= 0.3 is 0 Å². The largest absolute Gasteiger partial charge is 0.451 e. The first kappa shape index (κ1) is 15.9. The summed E-state index contributed by atoms with van der Waals surface area (Å²) in [4.78, 5) is 17.2. The summed E-state index contributed by atoms with van der Waals surface area (Å²) in [5.41, 5.74) is 1.52. The second kappa shape index (κ2) is 6.72. The molecule has 130 valence electrons. The Balaban J connectivity index is 1.57. The summed E-state index contributed by atoms with van der Waals surface area (Å²) in [5, 5.41) is 4.04. The van der Waals surface area contributed by atoms with Gasteiger partial charge in [0.2, 0.25) is 0 Å². The summed E-state index contributed by atoms with van der Waals surface area (Å²) in [7, 11) is 0. The molecule has 6 nitrogen and oxygen atoms in total. The van der Waals surface area contributed by atoms with E-state index in [4.69, 9.17) is 9.15 Å². The van der Waals surface area contributed by atoms with Gasteiger partial charge in [-0.1, -0.05) is 18.2 Å². The van der Waals surface area contributed by atoms with Crippen LogP contribution in [0.15, 0.2) is 41.1 Å². The lowest BCUT2D eigenvalue weighted by Gasteiger charge is -2.24. The van der Waals surface area contributed by atoms with E-state index in [-0.39, 0.29) is 11.9 Å². The Morgan fingerprint density at radius 3 is 3.20 bits per heavy atom. The lowest BCUT2D eigenvalue weighted by Crippen LogP contribution is -2.41. The fraction of sp³-hybridized carbons (Fsp3) is 0.368. The Kier molecular flexibility index (Phi) is 4.28. The molecule has 0 saturated carbocycles. The number of hydrogen-bond acceptors (Lipinski definition) is 4. The summed E-state index contributed by atoms with van der Waals surface area (Å²) < 4.78 is 13.5. The number of furan rings is 1. The van der Waals surface area contributed by atoms with Crippen molar-refractivity contribution in [1.29, 1.82) is 0 Å². The molecule has 1 aromatic carbocycles. The Bertz CT molecular complexity index is 896. The van der Waals surface area contributed by atoms with Crippen LogP contribution in [0, 0.1) is 0 Å². The molecule has 0 radical (unpaired) electrons. The number of carbonyl (C=O) groups is 1. The first-order chi connectivity index (χ1) is 12.3. The van der Waals surface area contributed by atoms with Gasteiger partial charge in [0, 0.05) is 49.0 Å². The lowest BCUT2D eigenvalue weighted by atomic mass is 10.1. The first-order valence-corrected chi connectivity index (χ1v) is 8.65. The first-order valence-electron chi connectivity index (χ1n) is 8.65. The Hall–Kier alpha value is -2.60. The molecule has 3 heterocycles. The van der Waals surface area contributed by atoms with Gasteiger partial charge in [0.25, 0.3) is 5.91 Å². The number of aromatic nitrogens is 2. The number of para-hydroxylation sites is 1. The molecule has 3 aromatic rings. The van der Waals surface area contributed by atoms with Crippen LogP contribution < -0.4 is 5.32 Å². The fourth-order valence-electron chi connectivity index (χ4n) is 3.36. The van der Waals surface area contributed by atoms with Gasteiger partial charge < -0.3 is 19.0 Å². The highest BCUT2D eigenvalue weighted by Crippen LogP contribution is 2.27. The highest BCUT2D eigenvalue weighted by atomic mass is 16.5. The van der Waals surface area contributed by atoms with Crippen LogP contribution in [0.3, 0.4) is 0 Å². The second-order valence-electron chi connectivity index (χ2n) is 6.25. The number of hydrogen-bond donors (Lipinski definition) is 1. The second-order valence-corrected chi connectivity index (χ2v) is 6.25. The number of carbonyl (C=O) groups excluding carboxylic acids is 1. The summed E-state index contributed by atoms with van der Waals surface area (Å²) in [6.07, 6.45) is 5.50. The van der Waals surface area contributed by atoms with Gasteiger partial charge in [0.15, 0.2) is 5.76 Å². The van der Waals surface area contributed by atoms with Crippen molar-refractivity contribution in [3.63, 3.8) is 0 Å². The standard InChI is InChI=1S/C19H21N3O3/c1-2-24-12-15-14-5-3-4-6-16(14)25-18(15)19(23)21-13-7-8-17-20-9-10-22(17)11-13/h3-6,9-10,13H,2,7-8,11-12H2,1H3,(H,21,23)/t13-/m1/s1. The Labute approximate surface area is 145 Å². The maximum Gasteiger partial charge on any atom is 0.287 e. The van der Waals surface area contributed by atoms with Crippen molar-refractivity contribution >= 4 is 16.9 Å². The van der Waals surface area contributed by atoms with Crippen LogP contribution in [0.5, 0.6) is 0 Å². The summed E-state index contributed by atoms with van der Waals surface area (Å²) in [6, 6.07) is 7.75. The average Bonchev–Trinajstić information content (AvgIpc) is 3.23. The molecular weight excluding hydrogens is 318 g/mol. The third kappa shape index (κ3) is 3.05. The van der Waals surface area contributed by atoms with Crippen molar-refractivity contribution < 1.29 is 13.9 Å². The van der Waals surface area contributed by atoms with Crippen molar-refractivity contribution in [3.8, 4) is 0 Å². The van der Waals surface area contributed by atoms with Gasteiger partial charge in [-0.2, -0.15) is 0 Å². The third-order valence-electron chi connectivity index (χ3n) is 4.63. The predicted molar refractivity (Wildman–Crippen MR) is 93.3 cm³/mol. The van der Waals surface area contributed by atoms with E-state index >= 15 is 0 Å². The van der Waals surface area contributed by atoms with Gasteiger partial charge in [0.05, 0.1) is 6.61 Å². The molecule has 4 rings (SSSR count). The number of imidazole rings is 1. The van der Waals surface area contributed by atoms with Crippen molar-refractivity contribution in [1.82, 2.24) is 14.9 Å². The van der Waals surface area contributed by atoms with Crippen molar-refractivity contribution in [2.24, 2.45) is 0 Å². The molecular formula is C19H21N3O3. The topological polar surface area (TPSA) is 69.3 Å². The highest BCUT2D eigenvalue weighted by molar-refractivity contribution is 5.99. The molecule has 0 saturated heterocycles. The number of rotatable bonds is 5. The molecule has 6 heteroatoms. The summed E-state index contributed by atoms with van der Waals surface area (Å²) in [6.45, 7) is 3.63.